The van der Waals surface area contributed by atoms with Gasteiger partial charge in [-0.2, -0.15) is 0 Å². The lowest BCUT2D eigenvalue weighted by Gasteiger charge is -2.16. The molecule has 0 aliphatic carbocycles. The highest BCUT2D eigenvalue weighted by Gasteiger charge is 2.07. The molecular formula is C16H27N3OS. The fourth-order valence-electron chi connectivity index (χ4n) is 1.76. The van der Waals surface area contributed by atoms with Gasteiger partial charge in [-0.3, -0.25) is 4.99 Å². The SMILES string of the molecule is CCCNC(=NC)NCC(C)CSc1ccccc1OC. The zero-order valence-corrected chi connectivity index (χ0v) is 14.3. The van der Waals surface area contributed by atoms with Gasteiger partial charge >= 0.3 is 0 Å². The van der Waals surface area contributed by atoms with E-state index in [1.165, 1.54) is 4.90 Å². The van der Waals surface area contributed by atoms with E-state index in [1.807, 2.05) is 30.0 Å². The van der Waals surface area contributed by atoms with Crippen LogP contribution in [0.15, 0.2) is 34.2 Å². The van der Waals surface area contributed by atoms with Crippen LogP contribution in [0.4, 0.5) is 0 Å². The predicted octanol–water partition coefficient (Wildman–Crippen LogP) is 3.00. The maximum Gasteiger partial charge on any atom is 0.190 e. The van der Waals surface area contributed by atoms with E-state index in [0.717, 1.165) is 37.0 Å². The second-order valence-corrected chi connectivity index (χ2v) is 6.01. The van der Waals surface area contributed by atoms with Crippen LogP contribution in [0.1, 0.15) is 20.3 Å². The summed E-state index contributed by atoms with van der Waals surface area (Å²) >= 11 is 1.83. The van der Waals surface area contributed by atoms with Gasteiger partial charge in [-0.1, -0.05) is 26.0 Å². The van der Waals surface area contributed by atoms with Crippen molar-refractivity contribution >= 4 is 17.7 Å². The molecule has 1 aromatic carbocycles. The van der Waals surface area contributed by atoms with Crippen LogP contribution < -0.4 is 15.4 Å². The third kappa shape index (κ3) is 6.76. The monoisotopic (exact) mass is 309 g/mol. The van der Waals surface area contributed by atoms with Crippen LogP contribution in [-0.2, 0) is 0 Å². The summed E-state index contributed by atoms with van der Waals surface area (Å²) in [5.41, 5.74) is 0. The maximum atomic E-state index is 5.37. The molecule has 1 rings (SSSR count). The van der Waals surface area contributed by atoms with Crippen molar-refractivity contribution in [2.45, 2.75) is 25.2 Å². The Morgan fingerprint density at radius 3 is 2.76 bits per heavy atom. The van der Waals surface area contributed by atoms with Crippen molar-refractivity contribution in [1.82, 2.24) is 10.6 Å². The molecule has 0 fully saturated rings. The van der Waals surface area contributed by atoms with Crippen molar-refractivity contribution in [1.29, 1.82) is 0 Å². The molecule has 0 amide bonds. The molecule has 0 aliphatic rings. The van der Waals surface area contributed by atoms with Crippen molar-refractivity contribution < 1.29 is 4.74 Å². The molecule has 0 bridgehead atoms. The second-order valence-electron chi connectivity index (χ2n) is 4.95. The Balaban J connectivity index is 2.35. The zero-order chi connectivity index (χ0) is 15.5. The molecule has 0 aliphatic heterocycles. The maximum absolute atomic E-state index is 5.37. The van der Waals surface area contributed by atoms with Gasteiger partial charge in [0.1, 0.15) is 5.75 Å². The van der Waals surface area contributed by atoms with Gasteiger partial charge in [0.15, 0.2) is 5.96 Å². The first-order valence-electron chi connectivity index (χ1n) is 7.41. The number of para-hydroxylation sites is 1. The fraction of sp³-hybridized carbons (Fsp3) is 0.562. The van der Waals surface area contributed by atoms with E-state index in [4.69, 9.17) is 4.74 Å². The Labute approximate surface area is 132 Å². The van der Waals surface area contributed by atoms with Gasteiger partial charge in [0, 0.05) is 30.8 Å². The summed E-state index contributed by atoms with van der Waals surface area (Å²) in [5.74, 6) is 3.41. The van der Waals surface area contributed by atoms with Crippen LogP contribution in [0.5, 0.6) is 5.75 Å². The zero-order valence-electron chi connectivity index (χ0n) is 13.5. The number of nitrogens with one attached hydrogen (secondary N) is 2. The number of ether oxygens (including phenoxy) is 1. The van der Waals surface area contributed by atoms with Crippen molar-refractivity contribution in [3.05, 3.63) is 24.3 Å². The molecule has 0 spiro atoms. The topological polar surface area (TPSA) is 45.7 Å². The van der Waals surface area contributed by atoms with Gasteiger partial charge in [0.2, 0.25) is 0 Å². The standard InChI is InChI=1S/C16H27N3OS/c1-5-10-18-16(17-3)19-11-13(2)12-21-15-9-7-6-8-14(15)20-4/h6-9,13H,5,10-12H2,1-4H3,(H2,17,18,19). The summed E-state index contributed by atoms with van der Waals surface area (Å²) in [6, 6.07) is 8.15. The van der Waals surface area contributed by atoms with Crippen LogP contribution in [-0.4, -0.2) is 39.0 Å². The Morgan fingerprint density at radius 2 is 2.10 bits per heavy atom. The average Bonchev–Trinajstić information content (AvgIpc) is 2.53. The number of thioether (sulfide) groups is 1. The molecule has 1 atom stereocenters. The van der Waals surface area contributed by atoms with Crippen LogP contribution in [0.25, 0.3) is 0 Å². The molecule has 0 heterocycles. The van der Waals surface area contributed by atoms with Crippen LogP contribution in [0.3, 0.4) is 0 Å². The van der Waals surface area contributed by atoms with Crippen LogP contribution in [0, 0.1) is 5.92 Å². The molecule has 0 saturated heterocycles. The number of nitrogens with zero attached hydrogens (tertiary/aromatic N) is 1. The molecule has 1 unspecified atom stereocenters. The van der Waals surface area contributed by atoms with Gasteiger partial charge in [0.25, 0.3) is 0 Å². The summed E-state index contributed by atoms with van der Waals surface area (Å²) in [5, 5.41) is 6.64. The number of hydrogen-bond acceptors (Lipinski definition) is 3. The Bertz CT molecular complexity index is 437. The molecule has 1 aromatic rings. The van der Waals surface area contributed by atoms with Crippen molar-refractivity contribution in [2.75, 3.05) is 33.0 Å². The summed E-state index contributed by atoms with van der Waals surface area (Å²) in [7, 11) is 3.52. The normalized spacial score (nSPS) is 12.9. The molecule has 5 heteroatoms. The van der Waals surface area contributed by atoms with E-state index >= 15 is 0 Å². The van der Waals surface area contributed by atoms with E-state index in [0.29, 0.717) is 5.92 Å². The molecule has 118 valence electrons. The molecule has 0 radical (unpaired) electrons. The van der Waals surface area contributed by atoms with E-state index in [1.54, 1.807) is 14.2 Å². The van der Waals surface area contributed by atoms with E-state index in [9.17, 15) is 0 Å². The van der Waals surface area contributed by atoms with Crippen molar-refractivity contribution in [3.8, 4) is 5.75 Å². The first-order valence-corrected chi connectivity index (χ1v) is 8.40. The molecule has 0 saturated carbocycles. The molecule has 4 nitrogen and oxygen atoms in total. The average molecular weight is 309 g/mol. The fourth-order valence-corrected chi connectivity index (χ4v) is 2.81. The third-order valence-electron chi connectivity index (χ3n) is 2.98. The van der Waals surface area contributed by atoms with E-state index < -0.39 is 0 Å². The Hall–Kier alpha value is -1.36. The van der Waals surface area contributed by atoms with Gasteiger partial charge < -0.3 is 15.4 Å². The number of guanidine groups is 1. The highest BCUT2D eigenvalue weighted by molar-refractivity contribution is 7.99. The molecule has 2 N–H and O–H groups in total. The van der Waals surface area contributed by atoms with E-state index in [2.05, 4.69) is 35.5 Å². The minimum Gasteiger partial charge on any atom is -0.496 e. The van der Waals surface area contributed by atoms with Crippen LogP contribution >= 0.6 is 11.8 Å². The van der Waals surface area contributed by atoms with Gasteiger partial charge in [0.05, 0.1) is 7.11 Å². The van der Waals surface area contributed by atoms with Gasteiger partial charge in [-0.15, -0.1) is 11.8 Å². The summed E-state index contributed by atoms with van der Waals surface area (Å²) in [4.78, 5) is 5.41. The highest BCUT2D eigenvalue weighted by atomic mass is 32.2. The first-order chi connectivity index (χ1) is 10.2. The van der Waals surface area contributed by atoms with Gasteiger partial charge in [-0.05, 0) is 24.5 Å². The van der Waals surface area contributed by atoms with E-state index in [-0.39, 0.29) is 0 Å². The summed E-state index contributed by atoms with van der Waals surface area (Å²) in [6.45, 7) is 6.24. The quantitative estimate of drug-likeness (QED) is 0.440. The number of rotatable bonds is 8. The minimum atomic E-state index is 0.542. The number of methoxy groups -OCH3 is 1. The highest BCUT2D eigenvalue weighted by Crippen LogP contribution is 2.29. The van der Waals surface area contributed by atoms with Crippen molar-refractivity contribution in [3.63, 3.8) is 0 Å². The molecular weight excluding hydrogens is 282 g/mol. The van der Waals surface area contributed by atoms with Crippen LogP contribution in [0.2, 0.25) is 0 Å². The number of hydrogen-bond donors (Lipinski definition) is 2. The predicted molar refractivity (Wildman–Crippen MR) is 92.5 cm³/mol. The second kappa shape index (κ2) is 10.4. The largest absolute Gasteiger partial charge is 0.496 e. The van der Waals surface area contributed by atoms with Crippen molar-refractivity contribution in [2.24, 2.45) is 10.9 Å². The number of benzene rings is 1. The lowest BCUT2D eigenvalue weighted by Crippen LogP contribution is -2.40. The first kappa shape index (κ1) is 17.7. The minimum absolute atomic E-state index is 0.542. The molecule has 21 heavy (non-hydrogen) atoms. The number of aliphatic imine (C=N–C) groups is 1. The summed E-state index contributed by atoms with van der Waals surface area (Å²) < 4.78 is 5.37. The van der Waals surface area contributed by atoms with Gasteiger partial charge in [-0.25, -0.2) is 0 Å². The summed E-state index contributed by atoms with van der Waals surface area (Å²) in [6.07, 6.45) is 1.10. The third-order valence-corrected chi connectivity index (χ3v) is 4.36. The lowest BCUT2D eigenvalue weighted by molar-refractivity contribution is 0.405. The lowest BCUT2D eigenvalue weighted by atomic mass is 10.2. The molecule has 0 aromatic heterocycles. The smallest absolute Gasteiger partial charge is 0.190 e. The Morgan fingerprint density at radius 1 is 1.33 bits per heavy atom. The Kier molecular flexibility index (Phi) is 8.74.